The minimum Gasteiger partial charge on any atom is -0.355 e. The molecule has 3 rings (SSSR count). The van der Waals surface area contributed by atoms with Crippen LogP contribution in [0.5, 0.6) is 0 Å². The van der Waals surface area contributed by atoms with Crippen LogP contribution in [0.25, 0.3) is 0 Å². The molecule has 1 aliphatic carbocycles. The van der Waals surface area contributed by atoms with Gasteiger partial charge in [0.2, 0.25) is 5.91 Å². The number of hydrogen-bond acceptors (Lipinski definition) is 3. The molecule has 6 heteroatoms. The standard InChI is InChI=1S/C15H18FNO3S/c16-13-3-1-12(2-4-13)15(6-7-15)14(18)17-9-11-5-8-21(19,20)10-11/h1-4,11H,5-10H2,(H,17,18). The zero-order valence-corrected chi connectivity index (χ0v) is 12.5. The highest BCUT2D eigenvalue weighted by Crippen LogP contribution is 2.48. The molecule has 1 aromatic carbocycles. The predicted molar refractivity (Wildman–Crippen MR) is 77.1 cm³/mol. The van der Waals surface area contributed by atoms with Crippen LogP contribution in [0.3, 0.4) is 0 Å². The SMILES string of the molecule is O=C(NCC1CCS(=O)(=O)C1)C1(c2ccc(F)cc2)CC1. The normalized spacial score (nSPS) is 25.5. The number of carbonyl (C=O) groups is 1. The van der Waals surface area contributed by atoms with Crippen LogP contribution >= 0.6 is 0 Å². The van der Waals surface area contributed by atoms with Crippen LogP contribution in [0.15, 0.2) is 24.3 Å². The van der Waals surface area contributed by atoms with Crippen LogP contribution in [0.1, 0.15) is 24.8 Å². The summed E-state index contributed by atoms with van der Waals surface area (Å²) in [6.45, 7) is 0.404. The monoisotopic (exact) mass is 311 g/mol. The summed E-state index contributed by atoms with van der Waals surface area (Å²) in [5.41, 5.74) is 0.297. The molecule has 114 valence electrons. The molecule has 1 N–H and O–H groups in total. The molecule has 1 saturated heterocycles. The average molecular weight is 311 g/mol. The van der Waals surface area contributed by atoms with Crippen molar-refractivity contribution in [2.45, 2.75) is 24.7 Å². The minimum absolute atomic E-state index is 0.0166. The Morgan fingerprint density at radius 1 is 1.29 bits per heavy atom. The van der Waals surface area contributed by atoms with Crippen molar-refractivity contribution in [1.29, 1.82) is 0 Å². The quantitative estimate of drug-likeness (QED) is 0.914. The van der Waals surface area contributed by atoms with Gasteiger partial charge in [-0.3, -0.25) is 4.79 Å². The van der Waals surface area contributed by atoms with Crippen molar-refractivity contribution >= 4 is 15.7 Å². The third kappa shape index (κ3) is 2.95. The molecular weight excluding hydrogens is 293 g/mol. The molecule has 4 nitrogen and oxygen atoms in total. The summed E-state index contributed by atoms with van der Waals surface area (Å²) in [6, 6.07) is 6.04. The molecule has 0 radical (unpaired) electrons. The molecule has 0 bridgehead atoms. The van der Waals surface area contributed by atoms with Crippen LogP contribution in [-0.2, 0) is 20.0 Å². The molecule has 1 aromatic rings. The third-order valence-electron chi connectivity index (χ3n) is 4.46. The van der Waals surface area contributed by atoms with Crippen molar-refractivity contribution in [1.82, 2.24) is 5.32 Å². The van der Waals surface area contributed by atoms with Gasteiger partial charge in [-0.2, -0.15) is 0 Å². The maximum absolute atomic E-state index is 13.0. The van der Waals surface area contributed by atoms with E-state index in [-0.39, 0.29) is 29.1 Å². The largest absolute Gasteiger partial charge is 0.355 e. The van der Waals surface area contributed by atoms with Crippen LogP contribution in [0, 0.1) is 11.7 Å². The highest BCUT2D eigenvalue weighted by molar-refractivity contribution is 7.91. The second-order valence-electron chi connectivity index (χ2n) is 6.07. The topological polar surface area (TPSA) is 63.2 Å². The van der Waals surface area contributed by atoms with E-state index in [0.717, 1.165) is 18.4 Å². The first-order chi connectivity index (χ1) is 9.91. The molecular formula is C15H18FNO3S. The molecule has 1 heterocycles. The van der Waals surface area contributed by atoms with Crippen molar-refractivity contribution in [2.24, 2.45) is 5.92 Å². The number of benzene rings is 1. The zero-order chi connectivity index (χ0) is 15.1. The van der Waals surface area contributed by atoms with Gasteiger partial charge in [0.25, 0.3) is 0 Å². The molecule has 1 unspecified atom stereocenters. The molecule has 1 amide bonds. The highest BCUT2D eigenvalue weighted by Gasteiger charge is 2.51. The van der Waals surface area contributed by atoms with Crippen molar-refractivity contribution in [3.8, 4) is 0 Å². The van der Waals surface area contributed by atoms with E-state index in [1.807, 2.05) is 0 Å². The molecule has 2 fully saturated rings. The van der Waals surface area contributed by atoms with Crippen LogP contribution in [0.4, 0.5) is 4.39 Å². The van der Waals surface area contributed by atoms with Crippen LogP contribution in [0.2, 0.25) is 0 Å². The Morgan fingerprint density at radius 2 is 1.95 bits per heavy atom. The molecule has 1 saturated carbocycles. The van der Waals surface area contributed by atoms with Gasteiger partial charge >= 0.3 is 0 Å². The fourth-order valence-corrected chi connectivity index (χ4v) is 4.84. The predicted octanol–water partition coefficient (Wildman–Crippen LogP) is 1.41. The van der Waals surface area contributed by atoms with E-state index < -0.39 is 15.3 Å². The van der Waals surface area contributed by atoms with Gasteiger partial charge in [0, 0.05) is 6.54 Å². The minimum atomic E-state index is -2.91. The molecule has 1 atom stereocenters. The van der Waals surface area contributed by atoms with Crippen molar-refractivity contribution in [3.05, 3.63) is 35.6 Å². The van der Waals surface area contributed by atoms with Gasteiger partial charge in [-0.15, -0.1) is 0 Å². The fourth-order valence-electron chi connectivity index (χ4n) is 2.98. The van der Waals surface area contributed by atoms with Gasteiger partial charge in [0.1, 0.15) is 5.82 Å². The summed E-state index contributed by atoms with van der Waals surface area (Å²) in [6.07, 6.45) is 2.13. The summed E-state index contributed by atoms with van der Waals surface area (Å²) in [4.78, 5) is 12.4. The van der Waals surface area contributed by atoms with Gasteiger partial charge < -0.3 is 5.32 Å². The summed E-state index contributed by atoms with van der Waals surface area (Å²) in [5, 5.41) is 2.88. The van der Waals surface area contributed by atoms with Gasteiger partial charge in [-0.1, -0.05) is 12.1 Å². The first-order valence-electron chi connectivity index (χ1n) is 7.16. The summed E-state index contributed by atoms with van der Waals surface area (Å²) < 4.78 is 35.8. The maximum atomic E-state index is 13.0. The molecule has 21 heavy (non-hydrogen) atoms. The Bertz CT molecular complexity index is 650. The molecule has 0 aromatic heterocycles. The van der Waals surface area contributed by atoms with Gasteiger partial charge in [-0.05, 0) is 42.9 Å². The van der Waals surface area contributed by atoms with E-state index in [1.54, 1.807) is 12.1 Å². The van der Waals surface area contributed by atoms with Gasteiger partial charge in [0.05, 0.1) is 16.9 Å². The second-order valence-corrected chi connectivity index (χ2v) is 8.30. The number of sulfone groups is 1. The fraction of sp³-hybridized carbons (Fsp3) is 0.533. The maximum Gasteiger partial charge on any atom is 0.230 e. The number of rotatable bonds is 4. The summed E-state index contributed by atoms with van der Waals surface area (Å²) in [7, 11) is -2.91. The van der Waals surface area contributed by atoms with E-state index in [2.05, 4.69) is 5.32 Å². The smallest absolute Gasteiger partial charge is 0.230 e. The first kappa shape index (κ1) is 14.5. The highest BCUT2D eigenvalue weighted by atomic mass is 32.2. The van der Waals surface area contributed by atoms with E-state index in [1.165, 1.54) is 12.1 Å². The zero-order valence-electron chi connectivity index (χ0n) is 11.6. The van der Waals surface area contributed by atoms with Crippen LogP contribution in [-0.4, -0.2) is 32.4 Å². The van der Waals surface area contributed by atoms with E-state index >= 15 is 0 Å². The van der Waals surface area contributed by atoms with Gasteiger partial charge in [-0.25, -0.2) is 12.8 Å². The number of carbonyl (C=O) groups excluding carboxylic acids is 1. The van der Waals surface area contributed by atoms with E-state index in [4.69, 9.17) is 0 Å². The number of hydrogen-bond donors (Lipinski definition) is 1. The van der Waals surface area contributed by atoms with E-state index in [9.17, 15) is 17.6 Å². The Morgan fingerprint density at radius 3 is 2.48 bits per heavy atom. The lowest BCUT2D eigenvalue weighted by Crippen LogP contribution is -2.37. The lowest BCUT2D eigenvalue weighted by molar-refractivity contribution is -0.123. The Kier molecular flexibility index (Phi) is 3.51. The summed E-state index contributed by atoms with van der Waals surface area (Å²) in [5.74, 6) is 0.0144. The molecule has 0 spiro atoms. The Labute approximate surface area is 123 Å². The average Bonchev–Trinajstić information content (AvgIpc) is 3.17. The lowest BCUT2D eigenvalue weighted by Gasteiger charge is -2.17. The third-order valence-corrected chi connectivity index (χ3v) is 6.30. The summed E-state index contributed by atoms with van der Waals surface area (Å²) >= 11 is 0. The Balaban J connectivity index is 1.62. The van der Waals surface area contributed by atoms with Crippen molar-refractivity contribution < 1.29 is 17.6 Å². The molecule has 2 aliphatic rings. The van der Waals surface area contributed by atoms with Gasteiger partial charge in [0.15, 0.2) is 9.84 Å². The molecule has 1 aliphatic heterocycles. The number of nitrogens with one attached hydrogen (secondary N) is 1. The first-order valence-corrected chi connectivity index (χ1v) is 8.98. The Hall–Kier alpha value is -1.43. The number of amides is 1. The number of halogens is 1. The van der Waals surface area contributed by atoms with E-state index in [0.29, 0.717) is 13.0 Å². The van der Waals surface area contributed by atoms with Crippen molar-refractivity contribution in [3.63, 3.8) is 0 Å². The second kappa shape index (κ2) is 5.09. The van der Waals surface area contributed by atoms with Crippen LogP contribution < -0.4 is 5.32 Å². The van der Waals surface area contributed by atoms with Crippen molar-refractivity contribution in [2.75, 3.05) is 18.1 Å². The lowest BCUT2D eigenvalue weighted by atomic mass is 9.94.